The van der Waals surface area contributed by atoms with E-state index < -0.39 is 23.2 Å². The summed E-state index contributed by atoms with van der Waals surface area (Å²) < 4.78 is 49.0. The highest BCUT2D eigenvalue weighted by Crippen LogP contribution is 2.48. The maximum atomic E-state index is 15.0. The molecule has 0 bridgehead atoms. The predicted octanol–water partition coefficient (Wildman–Crippen LogP) is 8.21. The van der Waals surface area contributed by atoms with Crippen LogP contribution in [0.5, 0.6) is 5.75 Å². The molecule has 4 atom stereocenters. The first kappa shape index (κ1) is 22.7. The van der Waals surface area contributed by atoms with E-state index in [9.17, 15) is 8.78 Å². The summed E-state index contributed by atoms with van der Waals surface area (Å²) in [5.74, 6) is -0.102. The monoisotopic (exact) mass is 440 g/mol. The van der Waals surface area contributed by atoms with Crippen LogP contribution >= 0.6 is 0 Å². The van der Waals surface area contributed by atoms with Gasteiger partial charge in [0.2, 0.25) is 0 Å². The Morgan fingerprint density at radius 1 is 0.938 bits per heavy atom. The van der Waals surface area contributed by atoms with Crippen molar-refractivity contribution < 1.29 is 17.9 Å². The van der Waals surface area contributed by atoms with Gasteiger partial charge < -0.3 is 4.74 Å². The van der Waals surface area contributed by atoms with Crippen molar-refractivity contribution in [1.29, 1.82) is 0 Å². The molecule has 1 nitrogen and oxygen atoms in total. The molecule has 0 aliphatic heterocycles. The van der Waals surface area contributed by atoms with Crippen molar-refractivity contribution in [2.75, 3.05) is 6.61 Å². The minimum absolute atomic E-state index is 0.0736. The zero-order valence-corrected chi connectivity index (χ0v) is 18.6. The highest BCUT2D eigenvalue weighted by molar-refractivity contribution is 5.66. The van der Waals surface area contributed by atoms with Crippen molar-refractivity contribution in [3.05, 3.63) is 78.2 Å². The quantitative estimate of drug-likeness (QED) is 0.411. The van der Waals surface area contributed by atoms with Crippen LogP contribution in [0.3, 0.4) is 0 Å². The number of ether oxygens (including phenoxy) is 1. The fraction of sp³-hybridized carbons (Fsp3) is 0.429. The first-order chi connectivity index (χ1) is 15.5. The van der Waals surface area contributed by atoms with Crippen molar-refractivity contribution in [1.82, 2.24) is 0 Å². The van der Waals surface area contributed by atoms with E-state index in [1.54, 1.807) is 31.2 Å². The fourth-order valence-corrected chi connectivity index (χ4v) is 5.54. The standard InChI is InChI=1S/C28H31F3O/c1-3-5-12-32-28-26(30)16-23(17-27(28)31)24-11-10-22(15-25(24)29)21-9-8-19-13-18(4-2)6-7-20(19)14-21/h3-5,10-11,15-21H,2,6-9,12-14H2,1H3/b5-3+. The maximum absolute atomic E-state index is 15.0. The average Bonchev–Trinajstić information content (AvgIpc) is 2.80. The van der Waals surface area contributed by atoms with Gasteiger partial charge in [-0.2, -0.15) is 0 Å². The molecule has 0 amide bonds. The second kappa shape index (κ2) is 9.97. The van der Waals surface area contributed by atoms with Crippen molar-refractivity contribution in [2.45, 2.75) is 51.4 Å². The van der Waals surface area contributed by atoms with E-state index in [4.69, 9.17) is 4.74 Å². The summed E-state index contributed by atoms with van der Waals surface area (Å²) in [6.45, 7) is 5.83. The molecule has 32 heavy (non-hydrogen) atoms. The van der Waals surface area contributed by atoms with E-state index in [1.165, 1.54) is 25.7 Å². The van der Waals surface area contributed by atoms with E-state index in [2.05, 4.69) is 12.7 Å². The lowest BCUT2D eigenvalue weighted by atomic mass is 9.64. The van der Waals surface area contributed by atoms with E-state index in [-0.39, 0.29) is 17.7 Å². The van der Waals surface area contributed by atoms with Crippen molar-refractivity contribution in [3.8, 4) is 16.9 Å². The van der Waals surface area contributed by atoms with Crippen LogP contribution in [0.25, 0.3) is 11.1 Å². The lowest BCUT2D eigenvalue weighted by molar-refractivity contribution is 0.133. The van der Waals surface area contributed by atoms with Crippen molar-refractivity contribution in [3.63, 3.8) is 0 Å². The molecule has 0 spiro atoms. The van der Waals surface area contributed by atoms with E-state index in [0.29, 0.717) is 17.8 Å². The highest BCUT2D eigenvalue weighted by Gasteiger charge is 2.35. The third-order valence-corrected chi connectivity index (χ3v) is 7.32. The second-order valence-corrected chi connectivity index (χ2v) is 9.23. The molecule has 2 aliphatic carbocycles. The molecule has 170 valence electrons. The van der Waals surface area contributed by atoms with Crippen LogP contribution in [0.15, 0.2) is 55.1 Å². The minimum atomic E-state index is -0.832. The average molecular weight is 441 g/mol. The maximum Gasteiger partial charge on any atom is 0.191 e. The smallest absolute Gasteiger partial charge is 0.191 e. The van der Waals surface area contributed by atoms with Gasteiger partial charge in [-0.3, -0.25) is 0 Å². The molecule has 4 heteroatoms. The predicted molar refractivity (Wildman–Crippen MR) is 123 cm³/mol. The van der Waals surface area contributed by atoms with Gasteiger partial charge in [-0.25, -0.2) is 13.2 Å². The molecule has 0 radical (unpaired) electrons. The molecule has 2 aromatic rings. The lowest BCUT2D eigenvalue weighted by Gasteiger charge is -2.41. The van der Waals surface area contributed by atoms with Crippen LogP contribution in [-0.4, -0.2) is 6.61 Å². The van der Waals surface area contributed by atoms with Gasteiger partial charge in [-0.05, 0) is 98.4 Å². The van der Waals surface area contributed by atoms with Gasteiger partial charge in [0.25, 0.3) is 0 Å². The van der Waals surface area contributed by atoms with Gasteiger partial charge in [0.05, 0.1) is 0 Å². The Labute approximate surface area is 189 Å². The molecule has 4 rings (SSSR count). The third kappa shape index (κ3) is 4.79. The molecule has 4 unspecified atom stereocenters. The van der Waals surface area contributed by atoms with E-state index in [1.807, 2.05) is 6.07 Å². The summed E-state index contributed by atoms with van der Waals surface area (Å²) in [7, 11) is 0. The van der Waals surface area contributed by atoms with Crippen LogP contribution in [0.2, 0.25) is 0 Å². The summed E-state index contributed by atoms with van der Waals surface area (Å²) in [4.78, 5) is 0. The van der Waals surface area contributed by atoms with Gasteiger partial charge in [0, 0.05) is 5.56 Å². The summed E-state index contributed by atoms with van der Waals surface area (Å²) in [6, 6.07) is 7.40. The van der Waals surface area contributed by atoms with E-state index in [0.717, 1.165) is 36.5 Å². The Morgan fingerprint density at radius 3 is 2.34 bits per heavy atom. The topological polar surface area (TPSA) is 9.23 Å². The first-order valence-electron chi connectivity index (χ1n) is 11.7. The Kier molecular flexibility index (Phi) is 7.07. The highest BCUT2D eigenvalue weighted by atomic mass is 19.1. The summed E-state index contributed by atoms with van der Waals surface area (Å²) in [5.41, 5.74) is 1.36. The molecule has 2 aromatic carbocycles. The zero-order valence-electron chi connectivity index (χ0n) is 18.6. The van der Waals surface area contributed by atoms with Crippen LogP contribution in [0.4, 0.5) is 13.2 Å². The van der Waals surface area contributed by atoms with Crippen LogP contribution < -0.4 is 4.74 Å². The molecule has 2 fully saturated rings. The Hall–Kier alpha value is -2.49. The molecule has 0 heterocycles. The van der Waals surface area contributed by atoms with Crippen LogP contribution in [0, 0.1) is 35.2 Å². The number of allylic oxidation sites excluding steroid dienone is 2. The van der Waals surface area contributed by atoms with Crippen LogP contribution in [-0.2, 0) is 0 Å². The largest absolute Gasteiger partial charge is 0.483 e. The number of fused-ring (bicyclic) bond motifs is 1. The van der Waals surface area contributed by atoms with Gasteiger partial charge in [0.15, 0.2) is 17.4 Å². The van der Waals surface area contributed by atoms with Crippen molar-refractivity contribution >= 4 is 0 Å². The van der Waals surface area contributed by atoms with Gasteiger partial charge in [-0.1, -0.05) is 30.4 Å². The second-order valence-electron chi connectivity index (χ2n) is 9.23. The zero-order chi connectivity index (χ0) is 22.7. The summed E-state index contributed by atoms with van der Waals surface area (Å²) >= 11 is 0. The number of benzene rings is 2. The van der Waals surface area contributed by atoms with Crippen molar-refractivity contribution in [2.24, 2.45) is 17.8 Å². The number of hydrogen-bond donors (Lipinski definition) is 0. The van der Waals surface area contributed by atoms with Crippen LogP contribution in [0.1, 0.15) is 56.9 Å². The molecular formula is C28H31F3O. The van der Waals surface area contributed by atoms with Gasteiger partial charge in [0.1, 0.15) is 12.4 Å². The normalized spacial score (nSPS) is 25.5. The summed E-state index contributed by atoms with van der Waals surface area (Å²) in [5, 5.41) is 0. The molecule has 2 aliphatic rings. The molecular weight excluding hydrogens is 409 g/mol. The third-order valence-electron chi connectivity index (χ3n) is 7.32. The Balaban J connectivity index is 1.50. The Morgan fingerprint density at radius 2 is 1.66 bits per heavy atom. The SMILES string of the molecule is C=CC1CCC2CC(c3ccc(-c4cc(F)c(OC/C=C/C)c(F)c4)c(F)c3)CCC2C1. The fourth-order valence-electron chi connectivity index (χ4n) is 5.54. The summed E-state index contributed by atoms with van der Waals surface area (Å²) in [6.07, 6.45) is 12.5. The minimum Gasteiger partial charge on any atom is -0.483 e. The number of halogens is 3. The van der Waals surface area contributed by atoms with Gasteiger partial charge >= 0.3 is 0 Å². The molecule has 0 saturated heterocycles. The molecule has 2 saturated carbocycles. The Bertz CT molecular complexity index is 973. The van der Waals surface area contributed by atoms with E-state index >= 15 is 4.39 Å². The lowest BCUT2D eigenvalue weighted by Crippen LogP contribution is -2.29. The number of rotatable bonds is 6. The molecule has 0 aromatic heterocycles. The number of hydrogen-bond acceptors (Lipinski definition) is 1. The van der Waals surface area contributed by atoms with Gasteiger partial charge in [-0.15, -0.1) is 6.58 Å². The molecule has 0 N–H and O–H groups in total. The first-order valence-corrected chi connectivity index (χ1v) is 11.7.